The van der Waals surface area contributed by atoms with Crippen LogP contribution in [0.2, 0.25) is 0 Å². The van der Waals surface area contributed by atoms with Gasteiger partial charge in [0.1, 0.15) is 5.69 Å². The molecular formula is C25H23N7O. The second-order valence-electron chi connectivity index (χ2n) is 8.60. The van der Waals surface area contributed by atoms with E-state index in [1.165, 1.54) is 6.42 Å². The largest absolute Gasteiger partial charge is 0.335 e. The Morgan fingerprint density at radius 3 is 2.73 bits per heavy atom. The van der Waals surface area contributed by atoms with Crippen molar-refractivity contribution in [1.82, 2.24) is 30.1 Å². The fourth-order valence-corrected chi connectivity index (χ4v) is 4.62. The molecule has 0 bridgehead atoms. The number of imidazole rings is 1. The van der Waals surface area contributed by atoms with Crippen LogP contribution in [0.5, 0.6) is 0 Å². The van der Waals surface area contributed by atoms with Crippen molar-refractivity contribution >= 4 is 33.5 Å². The van der Waals surface area contributed by atoms with Gasteiger partial charge in [-0.15, -0.1) is 0 Å². The van der Waals surface area contributed by atoms with Gasteiger partial charge in [0.15, 0.2) is 5.82 Å². The topological polar surface area (TPSA) is 112 Å². The van der Waals surface area contributed by atoms with Gasteiger partial charge in [-0.2, -0.15) is 5.10 Å². The molecule has 5 aromatic rings. The number of pyridine rings is 2. The summed E-state index contributed by atoms with van der Waals surface area (Å²) in [6.07, 6.45) is 12.4. The highest BCUT2D eigenvalue weighted by atomic mass is 16.1. The van der Waals surface area contributed by atoms with Crippen LogP contribution in [0.3, 0.4) is 0 Å². The van der Waals surface area contributed by atoms with Crippen molar-refractivity contribution in [1.29, 1.82) is 0 Å². The number of fused-ring (bicyclic) bond motifs is 2. The van der Waals surface area contributed by atoms with Gasteiger partial charge in [0.2, 0.25) is 5.91 Å². The third kappa shape index (κ3) is 3.73. The number of benzene rings is 1. The van der Waals surface area contributed by atoms with E-state index in [1.54, 1.807) is 18.6 Å². The molecule has 0 unspecified atom stereocenters. The lowest BCUT2D eigenvalue weighted by molar-refractivity contribution is -0.120. The fourth-order valence-electron chi connectivity index (χ4n) is 4.62. The average molecular weight is 438 g/mol. The van der Waals surface area contributed by atoms with Gasteiger partial charge in [0.05, 0.1) is 34.6 Å². The number of rotatable bonds is 4. The van der Waals surface area contributed by atoms with Gasteiger partial charge in [-0.25, -0.2) is 4.98 Å². The van der Waals surface area contributed by atoms with E-state index in [2.05, 4.69) is 41.5 Å². The molecule has 1 aliphatic rings. The normalized spacial score (nSPS) is 14.7. The molecule has 8 nitrogen and oxygen atoms in total. The first kappa shape index (κ1) is 19.6. The number of carbonyl (C=O) groups is 1. The molecule has 33 heavy (non-hydrogen) atoms. The zero-order valence-electron chi connectivity index (χ0n) is 18.0. The number of carbonyl (C=O) groups excluding carboxylic acids is 1. The molecule has 1 aliphatic carbocycles. The summed E-state index contributed by atoms with van der Waals surface area (Å²) in [7, 11) is 0. The minimum Gasteiger partial charge on any atom is -0.335 e. The van der Waals surface area contributed by atoms with Gasteiger partial charge in [0, 0.05) is 29.3 Å². The van der Waals surface area contributed by atoms with Gasteiger partial charge in [-0.1, -0.05) is 25.3 Å². The van der Waals surface area contributed by atoms with Crippen molar-refractivity contribution in [2.24, 2.45) is 5.92 Å². The summed E-state index contributed by atoms with van der Waals surface area (Å²) in [5.74, 6) is 0.889. The summed E-state index contributed by atoms with van der Waals surface area (Å²) in [4.78, 5) is 29.1. The van der Waals surface area contributed by atoms with Crippen LogP contribution in [0, 0.1) is 5.92 Å². The molecule has 1 amide bonds. The highest BCUT2D eigenvalue weighted by Crippen LogP contribution is 2.31. The molecule has 164 valence electrons. The Morgan fingerprint density at radius 1 is 0.939 bits per heavy atom. The maximum absolute atomic E-state index is 12.7. The fraction of sp³-hybridized carbons (Fsp3) is 0.240. The number of anilines is 1. The number of nitrogens with zero attached hydrogens (tertiary/aromatic N) is 4. The summed E-state index contributed by atoms with van der Waals surface area (Å²) in [5, 5.41) is 11.6. The van der Waals surface area contributed by atoms with Crippen LogP contribution < -0.4 is 5.32 Å². The molecule has 0 saturated heterocycles. The quantitative estimate of drug-likeness (QED) is 0.363. The predicted octanol–water partition coefficient (Wildman–Crippen LogP) is 5.08. The third-order valence-electron chi connectivity index (χ3n) is 6.39. The number of hydrogen-bond acceptors (Lipinski definition) is 5. The smallest absolute Gasteiger partial charge is 0.227 e. The van der Waals surface area contributed by atoms with Gasteiger partial charge in [-0.05, 0) is 42.7 Å². The molecule has 0 atom stereocenters. The molecule has 1 saturated carbocycles. The summed E-state index contributed by atoms with van der Waals surface area (Å²) in [6, 6.07) is 9.94. The Balaban J connectivity index is 1.32. The van der Waals surface area contributed by atoms with Gasteiger partial charge >= 0.3 is 0 Å². The molecule has 0 spiro atoms. The van der Waals surface area contributed by atoms with Crippen molar-refractivity contribution in [3.05, 3.63) is 55.1 Å². The number of hydrogen-bond donors (Lipinski definition) is 3. The van der Waals surface area contributed by atoms with Crippen LogP contribution in [-0.4, -0.2) is 36.0 Å². The van der Waals surface area contributed by atoms with Crippen molar-refractivity contribution < 1.29 is 4.79 Å². The minimum atomic E-state index is 0.0978. The molecule has 4 heterocycles. The van der Waals surface area contributed by atoms with Crippen LogP contribution in [0.25, 0.3) is 44.6 Å². The molecule has 3 N–H and O–H groups in total. The van der Waals surface area contributed by atoms with E-state index in [0.29, 0.717) is 5.82 Å². The van der Waals surface area contributed by atoms with Crippen molar-refractivity contribution in [3.63, 3.8) is 0 Å². The lowest BCUT2D eigenvalue weighted by Gasteiger charge is -2.20. The minimum absolute atomic E-state index is 0.0978. The first-order valence-electron chi connectivity index (χ1n) is 11.3. The second kappa shape index (κ2) is 8.12. The highest BCUT2D eigenvalue weighted by molar-refractivity contribution is 5.96. The highest BCUT2D eigenvalue weighted by Gasteiger charge is 2.21. The maximum Gasteiger partial charge on any atom is 0.227 e. The van der Waals surface area contributed by atoms with E-state index in [0.717, 1.165) is 70.1 Å². The maximum atomic E-state index is 12.7. The van der Waals surface area contributed by atoms with Crippen molar-refractivity contribution in [3.8, 4) is 22.6 Å². The number of amides is 1. The zero-order chi connectivity index (χ0) is 22.2. The molecule has 6 rings (SSSR count). The SMILES string of the molecule is O=C(Nc1cncc(-c2ccc3[nH]nc(-c4nc5ccncc5[nH]4)c3c2)c1)C1CCCCC1. The van der Waals surface area contributed by atoms with Crippen molar-refractivity contribution in [2.75, 3.05) is 5.32 Å². The van der Waals surface area contributed by atoms with Crippen LogP contribution in [0.1, 0.15) is 32.1 Å². The van der Waals surface area contributed by atoms with Crippen molar-refractivity contribution in [2.45, 2.75) is 32.1 Å². The van der Waals surface area contributed by atoms with E-state index < -0.39 is 0 Å². The summed E-state index contributed by atoms with van der Waals surface area (Å²) >= 11 is 0. The lowest BCUT2D eigenvalue weighted by atomic mass is 9.88. The third-order valence-corrected chi connectivity index (χ3v) is 6.39. The van der Waals surface area contributed by atoms with E-state index in [9.17, 15) is 4.79 Å². The first-order chi connectivity index (χ1) is 16.2. The monoisotopic (exact) mass is 437 g/mol. The molecule has 0 aliphatic heterocycles. The first-order valence-corrected chi connectivity index (χ1v) is 11.3. The van der Waals surface area contributed by atoms with Gasteiger partial charge in [-0.3, -0.25) is 19.9 Å². The number of aromatic nitrogens is 6. The Kier molecular flexibility index (Phi) is 4.83. The molecule has 8 heteroatoms. The van der Waals surface area contributed by atoms with Crippen LogP contribution in [0.4, 0.5) is 5.69 Å². The van der Waals surface area contributed by atoms with E-state index >= 15 is 0 Å². The number of aromatic amines is 2. The Morgan fingerprint density at radius 2 is 1.85 bits per heavy atom. The lowest BCUT2D eigenvalue weighted by Crippen LogP contribution is -2.24. The van der Waals surface area contributed by atoms with E-state index in [4.69, 9.17) is 0 Å². The average Bonchev–Trinajstić information content (AvgIpc) is 3.48. The summed E-state index contributed by atoms with van der Waals surface area (Å²) in [6.45, 7) is 0. The van der Waals surface area contributed by atoms with E-state index in [1.807, 2.05) is 30.5 Å². The van der Waals surface area contributed by atoms with Crippen LogP contribution in [-0.2, 0) is 4.79 Å². The van der Waals surface area contributed by atoms with Gasteiger partial charge in [0.25, 0.3) is 0 Å². The molecule has 0 radical (unpaired) electrons. The Labute approximate surface area is 189 Å². The molecule has 4 aromatic heterocycles. The van der Waals surface area contributed by atoms with Gasteiger partial charge < -0.3 is 10.3 Å². The predicted molar refractivity (Wildman–Crippen MR) is 127 cm³/mol. The zero-order valence-corrected chi connectivity index (χ0v) is 18.0. The Bertz CT molecular complexity index is 1430. The standard InChI is InChI=1S/C25H23N7O/c33-25(15-4-2-1-3-5-15)28-18-10-17(12-27-13-18)16-6-7-20-19(11-16)23(32-31-20)24-29-21-8-9-26-14-22(21)30-24/h6-15H,1-5H2,(H,28,33)(H,29,30)(H,31,32). The second-order valence-corrected chi connectivity index (χ2v) is 8.60. The summed E-state index contributed by atoms with van der Waals surface area (Å²) in [5.41, 5.74) is 6.02. The number of H-pyrrole nitrogens is 2. The van der Waals surface area contributed by atoms with Crippen LogP contribution >= 0.6 is 0 Å². The summed E-state index contributed by atoms with van der Waals surface area (Å²) < 4.78 is 0. The van der Waals surface area contributed by atoms with Crippen LogP contribution in [0.15, 0.2) is 55.1 Å². The van der Waals surface area contributed by atoms with E-state index in [-0.39, 0.29) is 11.8 Å². The molecule has 1 aromatic carbocycles. The molecular weight excluding hydrogens is 414 g/mol. The Hall–Kier alpha value is -4.07. The molecule has 1 fully saturated rings. The number of nitrogens with one attached hydrogen (secondary N) is 3.